The van der Waals surface area contributed by atoms with Gasteiger partial charge in [0.1, 0.15) is 0 Å². The first-order chi connectivity index (χ1) is 7.15. The van der Waals surface area contributed by atoms with Crippen LogP contribution in [-0.2, 0) is 0 Å². The van der Waals surface area contributed by atoms with Crippen molar-refractivity contribution in [1.82, 2.24) is 0 Å². The summed E-state index contributed by atoms with van der Waals surface area (Å²) < 4.78 is 0. The van der Waals surface area contributed by atoms with Gasteiger partial charge in [-0.2, -0.15) is 0 Å². The van der Waals surface area contributed by atoms with Crippen LogP contribution in [0.2, 0.25) is 0 Å². The molecule has 0 aromatic heterocycles. The fourth-order valence-electron chi connectivity index (χ4n) is 1.95. The Morgan fingerprint density at radius 3 is 2.27 bits per heavy atom. The van der Waals surface area contributed by atoms with E-state index in [9.17, 15) is 0 Å². The molecular weight excluding hydrogens is 182 g/mol. The molecule has 0 spiro atoms. The van der Waals surface area contributed by atoms with Crippen molar-refractivity contribution in [2.45, 2.75) is 39.7 Å². The summed E-state index contributed by atoms with van der Waals surface area (Å²) in [5.74, 6) is 1.33. The molecule has 1 heteroatoms. The second-order valence-electron chi connectivity index (χ2n) is 4.66. The molecule has 1 nitrogen and oxygen atoms in total. The van der Waals surface area contributed by atoms with E-state index in [4.69, 9.17) is 5.73 Å². The third-order valence-electron chi connectivity index (χ3n) is 3.27. The molecule has 2 N–H and O–H groups in total. The molecule has 0 heterocycles. The van der Waals surface area contributed by atoms with E-state index in [1.165, 1.54) is 18.4 Å². The second kappa shape index (κ2) is 5.92. The zero-order chi connectivity index (χ0) is 11.3. The maximum atomic E-state index is 6.24. The molecule has 1 aromatic rings. The van der Waals surface area contributed by atoms with E-state index in [-0.39, 0.29) is 6.04 Å². The number of nitrogens with two attached hydrogens (primary N) is 1. The van der Waals surface area contributed by atoms with Gasteiger partial charge in [-0.15, -0.1) is 0 Å². The summed E-state index contributed by atoms with van der Waals surface area (Å²) >= 11 is 0. The lowest BCUT2D eigenvalue weighted by atomic mass is 9.87. The Hall–Kier alpha value is -0.820. The first-order valence-electron chi connectivity index (χ1n) is 5.95. The summed E-state index contributed by atoms with van der Waals surface area (Å²) in [5.41, 5.74) is 7.50. The first kappa shape index (κ1) is 12.3. The van der Waals surface area contributed by atoms with E-state index in [1.54, 1.807) is 0 Å². The fourth-order valence-corrected chi connectivity index (χ4v) is 1.95. The molecule has 0 aliphatic rings. The van der Waals surface area contributed by atoms with Gasteiger partial charge in [-0.05, 0) is 23.8 Å². The van der Waals surface area contributed by atoms with E-state index in [0.717, 1.165) is 5.92 Å². The average Bonchev–Trinajstić information content (AvgIpc) is 2.29. The maximum absolute atomic E-state index is 6.24. The molecule has 3 atom stereocenters. The average molecular weight is 205 g/mol. The van der Waals surface area contributed by atoms with Crippen molar-refractivity contribution in [1.29, 1.82) is 0 Å². The Morgan fingerprint density at radius 1 is 1.13 bits per heavy atom. The van der Waals surface area contributed by atoms with E-state index in [2.05, 4.69) is 45.0 Å². The van der Waals surface area contributed by atoms with E-state index < -0.39 is 0 Å². The van der Waals surface area contributed by atoms with Gasteiger partial charge in [0, 0.05) is 6.04 Å². The van der Waals surface area contributed by atoms with Crippen LogP contribution in [-0.4, -0.2) is 0 Å². The molecule has 0 radical (unpaired) electrons. The lowest BCUT2D eigenvalue weighted by Crippen LogP contribution is -2.20. The topological polar surface area (TPSA) is 26.0 Å². The van der Waals surface area contributed by atoms with Crippen LogP contribution < -0.4 is 5.73 Å². The summed E-state index contributed by atoms with van der Waals surface area (Å²) in [6, 6.07) is 10.6. The highest BCUT2D eigenvalue weighted by atomic mass is 14.6. The highest BCUT2D eigenvalue weighted by Gasteiger charge is 2.16. The van der Waals surface area contributed by atoms with E-state index >= 15 is 0 Å². The van der Waals surface area contributed by atoms with Gasteiger partial charge in [-0.25, -0.2) is 0 Å². The molecule has 0 amide bonds. The summed E-state index contributed by atoms with van der Waals surface area (Å²) in [6.45, 7) is 6.80. The monoisotopic (exact) mass is 205 g/mol. The highest BCUT2D eigenvalue weighted by molar-refractivity contribution is 5.18. The third-order valence-corrected chi connectivity index (χ3v) is 3.27. The van der Waals surface area contributed by atoms with Gasteiger partial charge in [0.2, 0.25) is 0 Å². The number of rotatable bonds is 5. The van der Waals surface area contributed by atoms with Crippen LogP contribution in [0.5, 0.6) is 0 Å². The van der Waals surface area contributed by atoms with Gasteiger partial charge in [0.25, 0.3) is 0 Å². The van der Waals surface area contributed by atoms with E-state index in [1.807, 2.05) is 6.07 Å². The van der Waals surface area contributed by atoms with Crippen molar-refractivity contribution in [3.05, 3.63) is 35.9 Å². The molecule has 0 saturated carbocycles. The standard InChI is InChI=1S/C14H23N/c1-4-11(2)10-12(3)14(15)13-8-6-5-7-9-13/h5-9,11-12,14H,4,10,15H2,1-3H3. The van der Waals surface area contributed by atoms with Crippen LogP contribution in [0.1, 0.15) is 45.2 Å². The molecule has 3 unspecified atom stereocenters. The predicted molar refractivity (Wildman–Crippen MR) is 66.6 cm³/mol. The van der Waals surface area contributed by atoms with Crippen LogP contribution in [0.4, 0.5) is 0 Å². The smallest absolute Gasteiger partial charge is 0.0320 e. The Labute approximate surface area is 93.7 Å². The van der Waals surface area contributed by atoms with Crippen LogP contribution >= 0.6 is 0 Å². The van der Waals surface area contributed by atoms with Crippen LogP contribution in [0.15, 0.2) is 30.3 Å². The molecule has 0 aliphatic heterocycles. The second-order valence-corrected chi connectivity index (χ2v) is 4.66. The van der Waals surface area contributed by atoms with Crippen molar-refractivity contribution in [3.63, 3.8) is 0 Å². The molecule has 84 valence electrons. The van der Waals surface area contributed by atoms with Crippen molar-refractivity contribution in [2.24, 2.45) is 17.6 Å². The molecule has 0 saturated heterocycles. The lowest BCUT2D eigenvalue weighted by molar-refractivity contribution is 0.357. The molecule has 1 rings (SSSR count). The summed E-state index contributed by atoms with van der Waals surface area (Å²) in [7, 11) is 0. The lowest BCUT2D eigenvalue weighted by Gasteiger charge is -2.22. The highest BCUT2D eigenvalue weighted by Crippen LogP contribution is 2.25. The van der Waals surface area contributed by atoms with Gasteiger partial charge in [-0.1, -0.05) is 57.5 Å². The minimum Gasteiger partial charge on any atom is -0.324 e. The van der Waals surface area contributed by atoms with Crippen LogP contribution in [0.3, 0.4) is 0 Å². The van der Waals surface area contributed by atoms with Crippen molar-refractivity contribution < 1.29 is 0 Å². The zero-order valence-corrected chi connectivity index (χ0v) is 10.1. The van der Waals surface area contributed by atoms with Crippen LogP contribution in [0, 0.1) is 11.8 Å². The minimum atomic E-state index is 0.181. The van der Waals surface area contributed by atoms with Gasteiger partial charge in [-0.3, -0.25) is 0 Å². The number of hydrogen-bond acceptors (Lipinski definition) is 1. The fraction of sp³-hybridized carbons (Fsp3) is 0.571. The van der Waals surface area contributed by atoms with Crippen LogP contribution in [0.25, 0.3) is 0 Å². The zero-order valence-electron chi connectivity index (χ0n) is 10.1. The molecule has 0 bridgehead atoms. The van der Waals surface area contributed by atoms with Gasteiger partial charge in [0.05, 0.1) is 0 Å². The minimum absolute atomic E-state index is 0.181. The van der Waals surface area contributed by atoms with E-state index in [0.29, 0.717) is 5.92 Å². The molecular formula is C14H23N. The molecule has 15 heavy (non-hydrogen) atoms. The number of benzene rings is 1. The summed E-state index contributed by atoms with van der Waals surface area (Å²) in [6.07, 6.45) is 2.46. The first-order valence-corrected chi connectivity index (χ1v) is 5.95. The normalized spacial score (nSPS) is 17.1. The third kappa shape index (κ3) is 3.67. The molecule has 0 fully saturated rings. The van der Waals surface area contributed by atoms with Crippen molar-refractivity contribution in [2.75, 3.05) is 0 Å². The Balaban J connectivity index is 2.57. The number of hydrogen-bond donors (Lipinski definition) is 1. The Bertz CT molecular complexity index is 268. The summed E-state index contributed by atoms with van der Waals surface area (Å²) in [5, 5.41) is 0. The van der Waals surface area contributed by atoms with Crippen molar-refractivity contribution in [3.8, 4) is 0 Å². The predicted octanol–water partition coefficient (Wildman–Crippen LogP) is 3.76. The van der Waals surface area contributed by atoms with Gasteiger partial charge < -0.3 is 5.73 Å². The Kier molecular flexibility index (Phi) is 4.83. The van der Waals surface area contributed by atoms with Gasteiger partial charge in [0.15, 0.2) is 0 Å². The molecule has 1 aromatic carbocycles. The largest absolute Gasteiger partial charge is 0.324 e. The van der Waals surface area contributed by atoms with Gasteiger partial charge >= 0.3 is 0 Å². The quantitative estimate of drug-likeness (QED) is 0.778. The maximum Gasteiger partial charge on any atom is 0.0320 e. The molecule has 0 aliphatic carbocycles. The Morgan fingerprint density at radius 2 is 1.73 bits per heavy atom. The van der Waals surface area contributed by atoms with Crippen molar-refractivity contribution >= 4 is 0 Å². The SMILES string of the molecule is CCC(C)CC(C)C(N)c1ccccc1. The summed E-state index contributed by atoms with van der Waals surface area (Å²) in [4.78, 5) is 0.